The van der Waals surface area contributed by atoms with E-state index in [4.69, 9.17) is 9.47 Å². The first-order chi connectivity index (χ1) is 7.24. The van der Waals surface area contributed by atoms with Crippen LogP contribution in [0.25, 0.3) is 0 Å². The first-order valence-electron chi connectivity index (χ1n) is 5.14. The van der Waals surface area contributed by atoms with E-state index >= 15 is 0 Å². The molecule has 1 heterocycles. The number of esters is 2. The lowest BCUT2D eigenvalue weighted by Crippen LogP contribution is -2.27. The summed E-state index contributed by atoms with van der Waals surface area (Å²) in [7, 11) is 0. The highest BCUT2D eigenvalue weighted by Gasteiger charge is 2.23. The first-order valence-corrected chi connectivity index (χ1v) is 5.14. The maximum Gasteiger partial charge on any atom is 0.344 e. The average Bonchev–Trinajstić information content (AvgIpc) is 2.27. The van der Waals surface area contributed by atoms with Crippen molar-refractivity contribution in [1.82, 2.24) is 0 Å². The molecule has 0 aromatic carbocycles. The normalized spacial score (nSPS) is 17.1. The molecule has 1 aliphatic rings. The summed E-state index contributed by atoms with van der Waals surface area (Å²) < 4.78 is 14.6. The lowest BCUT2D eigenvalue weighted by atomic mass is 10.0. The van der Waals surface area contributed by atoms with Crippen LogP contribution in [-0.2, 0) is 23.8 Å². The molecule has 1 fully saturated rings. The highest BCUT2D eigenvalue weighted by atomic mass is 16.6. The van der Waals surface area contributed by atoms with Gasteiger partial charge in [-0.3, -0.25) is 4.79 Å². The smallest absolute Gasteiger partial charge is 0.344 e. The van der Waals surface area contributed by atoms with Crippen molar-refractivity contribution in [1.29, 1.82) is 0 Å². The number of hydrogen-bond acceptors (Lipinski definition) is 5. The SMILES string of the molecule is CCOC(=O)COC(=O)C1CCOCC1. The largest absolute Gasteiger partial charge is 0.463 e. The van der Waals surface area contributed by atoms with Crippen LogP contribution in [-0.4, -0.2) is 38.4 Å². The molecule has 0 N–H and O–H groups in total. The molecule has 0 aliphatic carbocycles. The van der Waals surface area contributed by atoms with Gasteiger partial charge in [0.1, 0.15) is 0 Å². The van der Waals surface area contributed by atoms with Gasteiger partial charge in [-0.1, -0.05) is 0 Å². The Hall–Kier alpha value is -1.10. The molecule has 1 rings (SSSR count). The molecule has 5 heteroatoms. The van der Waals surface area contributed by atoms with Gasteiger partial charge in [0.25, 0.3) is 0 Å². The summed E-state index contributed by atoms with van der Waals surface area (Å²) in [5.41, 5.74) is 0. The maximum atomic E-state index is 11.4. The lowest BCUT2D eigenvalue weighted by molar-refractivity contribution is -0.162. The van der Waals surface area contributed by atoms with E-state index in [1.165, 1.54) is 0 Å². The fourth-order valence-corrected chi connectivity index (χ4v) is 1.38. The average molecular weight is 216 g/mol. The van der Waals surface area contributed by atoms with Crippen molar-refractivity contribution in [3.63, 3.8) is 0 Å². The number of carbonyl (C=O) groups is 2. The van der Waals surface area contributed by atoms with Crippen LogP contribution in [0.1, 0.15) is 19.8 Å². The van der Waals surface area contributed by atoms with Crippen LogP contribution in [0, 0.1) is 5.92 Å². The molecule has 0 aromatic heterocycles. The minimum absolute atomic E-state index is 0.131. The molecule has 0 amide bonds. The Morgan fingerprint density at radius 2 is 1.93 bits per heavy atom. The van der Waals surface area contributed by atoms with E-state index in [2.05, 4.69) is 4.74 Å². The molecular formula is C10H16O5. The fourth-order valence-electron chi connectivity index (χ4n) is 1.38. The van der Waals surface area contributed by atoms with Crippen molar-refractivity contribution in [2.24, 2.45) is 5.92 Å². The van der Waals surface area contributed by atoms with Gasteiger partial charge in [0.15, 0.2) is 6.61 Å². The zero-order valence-electron chi connectivity index (χ0n) is 8.86. The van der Waals surface area contributed by atoms with Gasteiger partial charge in [0.2, 0.25) is 0 Å². The molecule has 1 saturated heterocycles. The van der Waals surface area contributed by atoms with Crippen LogP contribution < -0.4 is 0 Å². The minimum Gasteiger partial charge on any atom is -0.463 e. The summed E-state index contributed by atoms with van der Waals surface area (Å²) in [6.07, 6.45) is 1.34. The minimum atomic E-state index is -0.502. The fraction of sp³-hybridized carbons (Fsp3) is 0.800. The van der Waals surface area contributed by atoms with E-state index in [-0.39, 0.29) is 18.5 Å². The van der Waals surface area contributed by atoms with Gasteiger partial charge < -0.3 is 14.2 Å². The molecule has 5 nitrogen and oxygen atoms in total. The van der Waals surface area contributed by atoms with Gasteiger partial charge in [0.05, 0.1) is 12.5 Å². The van der Waals surface area contributed by atoms with Gasteiger partial charge in [-0.15, -0.1) is 0 Å². The number of ether oxygens (including phenoxy) is 3. The maximum absolute atomic E-state index is 11.4. The molecule has 0 unspecified atom stereocenters. The number of carbonyl (C=O) groups excluding carboxylic acids is 2. The third kappa shape index (κ3) is 4.29. The van der Waals surface area contributed by atoms with Crippen LogP contribution in [0.3, 0.4) is 0 Å². The second-order valence-corrected chi connectivity index (χ2v) is 3.30. The van der Waals surface area contributed by atoms with Crippen LogP contribution >= 0.6 is 0 Å². The molecule has 0 bridgehead atoms. The Labute approximate surface area is 88.7 Å². The number of rotatable bonds is 4. The summed E-state index contributed by atoms with van der Waals surface area (Å²) in [6.45, 7) is 2.88. The highest BCUT2D eigenvalue weighted by Crippen LogP contribution is 2.15. The van der Waals surface area contributed by atoms with Crippen LogP contribution in [0.5, 0.6) is 0 Å². The Bertz CT molecular complexity index is 220. The van der Waals surface area contributed by atoms with Crippen LogP contribution in [0.15, 0.2) is 0 Å². The van der Waals surface area contributed by atoms with Crippen molar-refractivity contribution < 1.29 is 23.8 Å². The van der Waals surface area contributed by atoms with Gasteiger partial charge in [-0.25, -0.2) is 4.79 Å². The molecule has 0 saturated carbocycles. The summed E-state index contributed by atoms with van der Waals surface area (Å²) in [5.74, 6) is -0.961. The van der Waals surface area contributed by atoms with Crippen molar-refractivity contribution in [2.75, 3.05) is 26.4 Å². The summed E-state index contributed by atoms with van der Waals surface area (Å²) in [4.78, 5) is 22.3. The second-order valence-electron chi connectivity index (χ2n) is 3.30. The van der Waals surface area contributed by atoms with E-state index in [0.717, 1.165) is 0 Å². The van der Waals surface area contributed by atoms with Crippen molar-refractivity contribution >= 4 is 11.9 Å². The second kappa shape index (κ2) is 6.40. The summed E-state index contributed by atoms with van der Waals surface area (Å²) in [5, 5.41) is 0. The van der Waals surface area contributed by atoms with Gasteiger partial charge >= 0.3 is 11.9 Å². The Balaban J connectivity index is 2.19. The third-order valence-electron chi connectivity index (χ3n) is 2.19. The van der Waals surface area contributed by atoms with Gasteiger partial charge in [-0.2, -0.15) is 0 Å². The van der Waals surface area contributed by atoms with Crippen LogP contribution in [0.4, 0.5) is 0 Å². The lowest BCUT2D eigenvalue weighted by Gasteiger charge is -2.20. The summed E-state index contributed by atoms with van der Waals surface area (Å²) in [6, 6.07) is 0. The quantitative estimate of drug-likeness (QED) is 0.641. The van der Waals surface area contributed by atoms with Crippen LogP contribution in [0.2, 0.25) is 0 Å². The molecule has 15 heavy (non-hydrogen) atoms. The van der Waals surface area contributed by atoms with Crippen molar-refractivity contribution in [3.8, 4) is 0 Å². The third-order valence-corrected chi connectivity index (χ3v) is 2.19. The molecule has 0 radical (unpaired) electrons. The molecule has 0 spiro atoms. The zero-order valence-corrected chi connectivity index (χ0v) is 8.86. The van der Waals surface area contributed by atoms with Crippen molar-refractivity contribution in [3.05, 3.63) is 0 Å². The Kier molecular flexibility index (Phi) is 5.10. The Morgan fingerprint density at radius 3 is 2.53 bits per heavy atom. The van der Waals surface area contributed by atoms with E-state index < -0.39 is 5.97 Å². The van der Waals surface area contributed by atoms with E-state index in [0.29, 0.717) is 32.7 Å². The first kappa shape index (κ1) is 12.0. The predicted molar refractivity (Wildman–Crippen MR) is 51.1 cm³/mol. The van der Waals surface area contributed by atoms with E-state index in [1.807, 2.05) is 0 Å². The molecule has 1 aliphatic heterocycles. The van der Waals surface area contributed by atoms with E-state index in [1.54, 1.807) is 6.92 Å². The molecule has 0 atom stereocenters. The summed E-state index contributed by atoms with van der Waals surface area (Å²) >= 11 is 0. The van der Waals surface area contributed by atoms with Gasteiger partial charge in [-0.05, 0) is 19.8 Å². The monoisotopic (exact) mass is 216 g/mol. The topological polar surface area (TPSA) is 61.8 Å². The van der Waals surface area contributed by atoms with E-state index in [9.17, 15) is 9.59 Å². The highest BCUT2D eigenvalue weighted by molar-refractivity contribution is 5.77. The molecule has 86 valence electrons. The zero-order chi connectivity index (χ0) is 11.1. The standard InChI is InChI=1S/C10H16O5/c1-2-14-9(11)7-15-10(12)8-3-5-13-6-4-8/h8H,2-7H2,1H3. The Morgan fingerprint density at radius 1 is 1.27 bits per heavy atom. The predicted octanol–water partition coefficient (Wildman–Crippen LogP) is 0.519. The molecular weight excluding hydrogens is 200 g/mol. The van der Waals surface area contributed by atoms with Gasteiger partial charge in [0, 0.05) is 13.2 Å². The molecule has 0 aromatic rings. The van der Waals surface area contributed by atoms with Crippen molar-refractivity contribution in [2.45, 2.75) is 19.8 Å². The number of hydrogen-bond donors (Lipinski definition) is 0.